The third kappa shape index (κ3) is 3.86. The van der Waals surface area contributed by atoms with E-state index in [4.69, 9.17) is 0 Å². The molecule has 2 N–H and O–H groups in total. The average molecular weight is 415 g/mol. The molecule has 3 aromatic rings. The Hall–Kier alpha value is -2.33. The van der Waals surface area contributed by atoms with Gasteiger partial charge in [-0.05, 0) is 50.1 Å². The van der Waals surface area contributed by atoms with Crippen molar-refractivity contribution >= 4 is 27.0 Å². The SMILES string of the molecule is Cc1cccc(NS(=O)(=O)c2cc(-c3cc(C(F)(F)F)[nH]n3)sc2C)c1C. The van der Waals surface area contributed by atoms with Crippen LogP contribution in [0.4, 0.5) is 18.9 Å². The molecule has 1 aromatic carbocycles. The molecule has 0 atom stereocenters. The van der Waals surface area contributed by atoms with Crippen LogP contribution in [0.5, 0.6) is 0 Å². The van der Waals surface area contributed by atoms with Crippen molar-refractivity contribution in [1.29, 1.82) is 0 Å². The van der Waals surface area contributed by atoms with Crippen LogP contribution in [0.3, 0.4) is 0 Å². The zero-order valence-corrected chi connectivity index (χ0v) is 16.2. The maximum Gasteiger partial charge on any atom is 0.432 e. The lowest BCUT2D eigenvalue weighted by Crippen LogP contribution is -2.14. The molecule has 0 amide bonds. The van der Waals surface area contributed by atoms with Crippen LogP contribution < -0.4 is 4.72 Å². The third-order valence-corrected chi connectivity index (χ3v) is 6.84. The van der Waals surface area contributed by atoms with Gasteiger partial charge in [0.1, 0.15) is 16.3 Å². The predicted octanol–water partition coefficient (Wildman–Crippen LogP) is 4.88. The Balaban J connectivity index is 1.96. The van der Waals surface area contributed by atoms with Crippen LogP contribution in [0.1, 0.15) is 21.7 Å². The van der Waals surface area contributed by atoms with Crippen molar-refractivity contribution < 1.29 is 21.6 Å². The maximum atomic E-state index is 12.8. The smallest absolute Gasteiger partial charge is 0.279 e. The molecule has 0 radical (unpaired) electrons. The van der Waals surface area contributed by atoms with Crippen LogP contribution in [-0.4, -0.2) is 18.6 Å². The summed E-state index contributed by atoms with van der Waals surface area (Å²) in [6, 6.07) is 7.47. The summed E-state index contributed by atoms with van der Waals surface area (Å²) in [5.41, 5.74) is 1.26. The fourth-order valence-electron chi connectivity index (χ4n) is 2.51. The first-order chi connectivity index (χ1) is 12.5. The van der Waals surface area contributed by atoms with E-state index in [2.05, 4.69) is 9.82 Å². The van der Waals surface area contributed by atoms with Gasteiger partial charge in [0, 0.05) is 4.88 Å². The van der Waals surface area contributed by atoms with Gasteiger partial charge in [-0.2, -0.15) is 18.3 Å². The minimum Gasteiger partial charge on any atom is -0.279 e. The Morgan fingerprint density at radius 1 is 1.15 bits per heavy atom. The lowest BCUT2D eigenvalue weighted by atomic mass is 10.1. The van der Waals surface area contributed by atoms with Crippen molar-refractivity contribution in [1.82, 2.24) is 10.2 Å². The van der Waals surface area contributed by atoms with Crippen LogP contribution in [0.25, 0.3) is 10.6 Å². The van der Waals surface area contributed by atoms with Gasteiger partial charge in [0.25, 0.3) is 10.0 Å². The Labute approximate surface area is 158 Å². The number of sulfonamides is 1. The number of rotatable bonds is 4. The number of benzene rings is 1. The Morgan fingerprint density at radius 2 is 1.85 bits per heavy atom. The minimum absolute atomic E-state index is 0.0139. The summed E-state index contributed by atoms with van der Waals surface area (Å²) in [4.78, 5) is 0.805. The minimum atomic E-state index is -4.54. The molecule has 0 aliphatic heterocycles. The van der Waals surface area contributed by atoms with Crippen molar-refractivity contribution in [3.8, 4) is 10.6 Å². The van der Waals surface area contributed by atoms with Gasteiger partial charge in [-0.1, -0.05) is 12.1 Å². The molecule has 10 heteroatoms. The number of anilines is 1. The molecule has 0 saturated carbocycles. The highest BCUT2D eigenvalue weighted by molar-refractivity contribution is 7.93. The molecule has 2 aromatic heterocycles. The van der Waals surface area contributed by atoms with Gasteiger partial charge in [0.15, 0.2) is 0 Å². The molecule has 0 fully saturated rings. The van der Waals surface area contributed by atoms with Gasteiger partial charge in [-0.3, -0.25) is 9.82 Å². The Bertz CT molecular complexity index is 1100. The summed E-state index contributed by atoms with van der Waals surface area (Å²) in [5.74, 6) is 0. The molecule has 144 valence electrons. The van der Waals surface area contributed by atoms with E-state index < -0.39 is 21.9 Å². The van der Waals surface area contributed by atoms with Crippen molar-refractivity contribution in [2.45, 2.75) is 31.8 Å². The first-order valence-corrected chi connectivity index (χ1v) is 10.1. The summed E-state index contributed by atoms with van der Waals surface area (Å²) in [6.45, 7) is 5.28. The van der Waals surface area contributed by atoms with E-state index >= 15 is 0 Å². The van der Waals surface area contributed by atoms with Gasteiger partial charge >= 0.3 is 6.18 Å². The standard InChI is InChI=1S/C17H16F3N3O2S2/c1-9-5-4-6-12(10(9)2)23-27(24,25)15-8-14(26-11(15)3)13-7-16(22-21-13)17(18,19)20/h4-8,23H,1-3H3,(H,21,22). The van der Waals surface area contributed by atoms with Crippen LogP contribution in [0.15, 0.2) is 35.2 Å². The van der Waals surface area contributed by atoms with Crippen molar-refractivity contribution in [3.05, 3.63) is 52.0 Å². The summed E-state index contributed by atoms with van der Waals surface area (Å²) >= 11 is 1.07. The van der Waals surface area contributed by atoms with Gasteiger partial charge in [0.05, 0.1) is 10.6 Å². The van der Waals surface area contributed by atoms with E-state index in [-0.39, 0.29) is 10.6 Å². The summed E-state index contributed by atoms with van der Waals surface area (Å²) in [7, 11) is -3.89. The first-order valence-electron chi connectivity index (χ1n) is 7.81. The fourth-order valence-corrected chi connectivity index (χ4v) is 5.19. The fraction of sp³-hybridized carbons (Fsp3) is 0.235. The molecule has 27 heavy (non-hydrogen) atoms. The number of hydrogen-bond donors (Lipinski definition) is 2. The second-order valence-corrected chi connectivity index (χ2v) is 8.96. The monoisotopic (exact) mass is 415 g/mol. The van der Waals surface area contributed by atoms with E-state index in [1.807, 2.05) is 25.0 Å². The third-order valence-electron chi connectivity index (χ3n) is 4.15. The van der Waals surface area contributed by atoms with Crippen molar-refractivity contribution in [3.63, 3.8) is 0 Å². The molecule has 0 spiro atoms. The molecule has 0 bridgehead atoms. The van der Waals surface area contributed by atoms with Crippen molar-refractivity contribution in [2.75, 3.05) is 4.72 Å². The van der Waals surface area contributed by atoms with Crippen LogP contribution >= 0.6 is 11.3 Å². The van der Waals surface area contributed by atoms with E-state index in [1.165, 1.54) is 6.07 Å². The quantitative estimate of drug-likeness (QED) is 0.638. The number of alkyl halides is 3. The normalized spacial score (nSPS) is 12.4. The van der Waals surface area contributed by atoms with Gasteiger partial charge in [-0.25, -0.2) is 8.42 Å². The Kier molecular flexibility index (Phi) is 4.81. The average Bonchev–Trinajstić information content (AvgIpc) is 3.18. The van der Waals surface area contributed by atoms with Gasteiger partial charge in [-0.15, -0.1) is 11.3 Å². The van der Waals surface area contributed by atoms with Crippen molar-refractivity contribution in [2.24, 2.45) is 0 Å². The van der Waals surface area contributed by atoms with Gasteiger partial charge in [0.2, 0.25) is 0 Å². The number of thiophene rings is 1. The molecule has 0 aliphatic rings. The number of nitrogens with one attached hydrogen (secondary N) is 2. The number of H-pyrrole nitrogens is 1. The maximum absolute atomic E-state index is 12.8. The number of hydrogen-bond acceptors (Lipinski definition) is 4. The molecule has 0 aliphatic carbocycles. The van der Waals surface area contributed by atoms with Gasteiger partial charge < -0.3 is 0 Å². The highest BCUT2D eigenvalue weighted by atomic mass is 32.2. The number of aryl methyl sites for hydroxylation is 2. The molecule has 2 heterocycles. The zero-order valence-electron chi connectivity index (χ0n) is 14.6. The summed E-state index contributed by atoms with van der Waals surface area (Å²) in [6.07, 6.45) is -4.54. The second-order valence-electron chi connectivity index (χ2n) is 6.05. The highest BCUT2D eigenvalue weighted by Crippen LogP contribution is 2.36. The van der Waals surface area contributed by atoms with E-state index in [1.54, 1.807) is 19.1 Å². The summed E-state index contributed by atoms with van der Waals surface area (Å²) < 4.78 is 66.3. The van der Waals surface area contributed by atoms with E-state index in [0.717, 1.165) is 28.5 Å². The summed E-state index contributed by atoms with van der Waals surface area (Å²) in [5, 5.41) is 5.58. The molecule has 3 rings (SSSR count). The number of nitrogens with zero attached hydrogens (tertiary/aromatic N) is 1. The lowest BCUT2D eigenvalue weighted by Gasteiger charge is -2.11. The topological polar surface area (TPSA) is 74.8 Å². The number of aromatic amines is 1. The first kappa shape index (κ1) is 19.4. The predicted molar refractivity (Wildman–Crippen MR) is 98.4 cm³/mol. The molecule has 0 unspecified atom stereocenters. The number of aromatic nitrogens is 2. The molecule has 0 saturated heterocycles. The lowest BCUT2D eigenvalue weighted by molar-refractivity contribution is -0.141. The Morgan fingerprint density at radius 3 is 2.48 bits per heavy atom. The van der Waals surface area contributed by atoms with Crippen LogP contribution in [-0.2, 0) is 16.2 Å². The zero-order chi connectivity index (χ0) is 20.0. The van der Waals surface area contributed by atoms with Crippen LogP contribution in [0.2, 0.25) is 0 Å². The molecular weight excluding hydrogens is 399 g/mol. The van der Waals surface area contributed by atoms with Crippen LogP contribution in [0, 0.1) is 20.8 Å². The van der Waals surface area contributed by atoms with E-state index in [0.29, 0.717) is 15.4 Å². The number of halogens is 3. The molecular formula is C17H16F3N3O2S2. The largest absolute Gasteiger partial charge is 0.432 e. The second kappa shape index (κ2) is 6.68. The highest BCUT2D eigenvalue weighted by Gasteiger charge is 2.33. The van der Waals surface area contributed by atoms with E-state index in [9.17, 15) is 21.6 Å². The molecule has 5 nitrogen and oxygen atoms in total.